The number of aryl methyl sites for hydroxylation is 2. The Morgan fingerprint density at radius 3 is 2.50 bits per heavy atom. The van der Waals surface area contributed by atoms with Crippen molar-refractivity contribution in [2.75, 3.05) is 0 Å². The molecule has 102 valence electrons. The third kappa shape index (κ3) is 2.92. The molecule has 0 saturated heterocycles. The Balaban J connectivity index is 2.24. The van der Waals surface area contributed by atoms with Gasteiger partial charge < -0.3 is 4.74 Å². The summed E-state index contributed by atoms with van der Waals surface area (Å²) in [7, 11) is 0. The van der Waals surface area contributed by atoms with Crippen molar-refractivity contribution in [2.45, 2.75) is 20.5 Å². The molecule has 0 unspecified atom stereocenters. The topological polar surface area (TPSA) is 33.0 Å². The molecule has 0 fully saturated rings. The van der Waals surface area contributed by atoms with Crippen molar-refractivity contribution in [2.24, 2.45) is 0 Å². The van der Waals surface area contributed by atoms with E-state index in [1.807, 2.05) is 13.8 Å². The van der Waals surface area contributed by atoms with Crippen molar-refractivity contribution in [1.82, 2.24) is 0 Å². The van der Waals surface area contributed by atoms with E-state index in [2.05, 4.69) is 6.07 Å². The highest BCUT2D eigenvalue weighted by Gasteiger charge is 2.10. The van der Waals surface area contributed by atoms with Gasteiger partial charge in [0.2, 0.25) is 0 Å². The number of hydrogen-bond acceptors (Lipinski definition) is 2. The van der Waals surface area contributed by atoms with E-state index >= 15 is 0 Å². The Hall–Kier alpha value is -2.05. The fourth-order valence-corrected chi connectivity index (χ4v) is 2.23. The summed E-state index contributed by atoms with van der Waals surface area (Å²) in [5, 5.41) is 8.98. The molecule has 0 atom stereocenters. The van der Waals surface area contributed by atoms with Gasteiger partial charge in [-0.2, -0.15) is 5.26 Å². The first-order valence-corrected chi connectivity index (χ1v) is 6.47. The van der Waals surface area contributed by atoms with Crippen LogP contribution in [0.25, 0.3) is 0 Å². The molecule has 0 saturated carbocycles. The molecule has 2 rings (SSSR count). The van der Waals surface area contributed by atoms with Crippen molar-refractivity contribution in [1.29, 1.82) is 5.26 Å². The monoisotopic (exact) mass is 289 g/mol. The van der Waals surface area contributed by atoms with Gasteiger partial charge in [0.1, 0.15) is 18.2 Å². The van der Waals surface area contributed by atoms with Crippen LogP contribution in [0.1, 0.15) is 22.3 Å². The van der Waals surface area contributed by atoms with E-state index in [1.165, 1.54) is 6.07 Å². The smallest absolute Gasteiger partial charge is 0.142 e. The molecule has 2 aromatic rings. The Kier molecular flexibility index (Phi) is 4.26. The highest BCUT2D eigenvalue weighted by atomic mass is 35.5. The summed E-state index contributed by atoms with van der Waals surface area (Å²) in [6.45, 7) is 3.93. The molecule has 20 heavy (non-hydrogen) atoms. The molecular formula is C16H13ClFNO. The summed E-state index contributed by atoms with van der Waals surface area (Å²) < 4.78 is 19.1. The highest BCUT2D eigenvalue weighted by molar-refractivity contribution is 6.31. The number of ether oxygens (including phenoxy) is 1. The summed E-state index contributed by atoms with van der Waals surface area (Å²) >= 11 is 5.89. The summed E-state index contributed by atoms with van der Waals surface area (Å²) in [4.78, 5) is 0. The number of halogens is 2. The minimum Gasteiger partial charge on any atom is -0.488 e. The Bertz CT molecular complexity index is 668. The zero-order chi connectivity index (χ0) is 14.7. The van der Waals surface area contributed by atoms with Crippen molar-refractivity contribution in [3.63, 3.8) is 0 Å². The van der Waals surface area contributed by atoms with E-state index < -0.39 is 5.82 Å². The van der Waals surface area contributed by atoms with Crippen LogP contribution in [0.15, 0.2) is 30.3 Å². The summed E-state index contributed by atoms with van der Waals surface area (Å²) in [5.74, 6) is 0.241. The SMILES string of the molecule is Cc1cc(C#N)cc(C)c1OCc1cccc(F)c1Cl. The average molecular weight is 290 g/mol. The van der Waals surface area contributed by atoms with Crippen LogP contribution in [0.4, 0.5) is 4.39 Å². The first-order chi connectivity index (χ1) is 9.52. The van der Waals surface area contributed by atoms with E-state index in [0.29, 0.717) is 16.9 Å². The quantitative estimate of drug-likeness (QED) is 0.830. The Morgan fingerprint density at radius 1 is 1.25 bits per heavy atom. The third-order valence-corrected chi connectivity index (χ3v) is 3.42. The molecule has 0 bridgehead atoms. The lowest BCUT2D eigenvalue weighted by atomic mass is 10.1. The van der Waals surface area contributed by atoms with E-state index in [1.54, 1.807) is 24.3 Å². The summed E-state index contributed by atoms with van der Waals surface area (Å²) in [5.41, 5.74) is 2.93. The first-order valence-electron chi connectivity index (χ1n) is 6.10. The standard InChI is InChI=1S/C16H13ClFNO/c1-10-6-12(8-19)7-11(2)16(10)20-9-13-4-3-5-14(18)15(13)17/h3-7H,9H2,1-2H3. The molecule has 0 aromatic heterocycles. The first kappa shape index (κ1) is 14.4. The molecule has 2 nitrogen and oxygen atoms in total. The van der Waals surface area contributed by atoms with Crippen molar-refractivity contribution in [3.8, 4) is 11.8 Å². The van der Waals surface area contributed by atoms with Crippen molar-refractivity contribution < 1.29 is 9.13 Å². The Morgan fingerprint density at radius 2 is 1.90 bits per heavy atom. The molecule has 0 N–H and O–H groups in total. The van der Waals surface area contributed by atoms with Crippen LogP contribution in [0.3, 0.4) is 0 Å². The number of nitriles is 1. The van der Waals surface area contributed by atoms with Gasteiger partial charge >= 0.3 is 0 Å². The zero-order valence-electron chi connectivity index (χ0n) is 11.2. The molecule has 0 radical (unpaired) electrons. The minimum absolute atomic E-state index is 0.0800. The van der Waals surface area contributed by atoms with E-state index in [-0.39, 0.29) is 11.6 Å². The van der Waals surface area contributed by atoms with E-state index in [0.717, 1.165) is 11.1 Å². The van der Waals surface area contributed by atoms with Crippen LogP contribution in [-0.4, -0.2) is 0 Å². The Labute approximate surface area is 122 Å². The normalized spacial score (nSPS) is 10.2. The second-order valence-corrected chi connectivity index (χ2v) is 4.93. The largest absolute Gasteiger partial charge is 0.488 e. The number of nitrogens with zero attached hydrogens (tertiary/aromatic N) is 1. The van der Waals surface area contributed by atoms with Crippen molar-refractivity contribution >= 4 is 11.6 Å². The highest BCUT2D eigenvalue weighted by Crippen LogP contribution is 2.27. The predicted molar refractivity (Wildman–Crippen MR) is 76.4 cm³/mol. The molecule has 0 aliphatic rings. The van der Waals surface area contributed by atoms with Crippen LogP contribution in [0.2, 0.25) is 5.02 Å². The maximum atomic E-state index is 13.3. The third-order valence-electron chi connectivity index (χ3n) is 2.99. The summed E-state index contributed by atoms with van der Waals surface area (Å²) in [6, 6.07) is 10.2. The predicted octanol–water partition coefficient (Wildman–Crippen LogP) is 4.55. The van der Waals surface area contributed by atoms with Gasteiger partial charge in [0, 0.05) is 5.56 Å². The van der Waals surface area contributed by atoms with E-state index in [4.69, 9.17) is 21.6 Å². The molecule has 0 spiro atoms. The van der Waals surface area contributed by atoms with Gasteiger partial charge in [0.15, 0.2) is 0 Å². The maximum absolute atomic E-state index is 13.3. The molecule has 0 aliphatic heterocycles. The minimum atomic E-state index is -0.457. The fourth-order valence-electron chi connectivity index (χ4n) is 2.05. The lowest BCUT2D eigenvalue weighted by Crippen LogP contribution is -2.01. The fraction of sp³-hybridized carbons (Fsp3) is 0.188. The molecule has 2 aromatic carbocycles. The maximum Gasteiger partial charge on any atom is 0.142 e. The molecule has 0 aliphatic carbocycles. The van der Waals surface area contributed by atoms with Gasteiger partial charge in [0.05, 0.1) is 16.7 Å². The van der Waals surface area contributed by atoms with Gasteiger partial charge in [-0.25, -0.2) is 4.39 Å². The lowest BCUT2D eigenvalue weighted by molar-refractivity contribution is 0.301. The molecule has 0 heterocycles. The van der Waals surface area contributed by atoms with Gasteiger partial charge in [-0.15, -0.1) is 0 Å². The molecule has 0 amide bonds. The second kappa shape index (κ2) is 5.94. The molecule has 4 heteroatoms. The molecular weight excluding hydrogens is 277 g/mol. The lowest BCUT2D eigenvalue weighted by Gasteiger charge is -2.13. The summed E-state index contributed by atoms with van der Waals surface area (Å²) in [6.07, 6.45) is 0. The van der Waals surface area contributed by atoms with Crippen LogP contribution >= 0.6 is 11.6 Å². The van der Waals surface area contributed by atoms with Crippen molar-refractivity contribution in [3.05, 3.63) is 63.4 Å². The number of rotatable bonds is 3. The van der Waals surface area contributed by atoms with Gasteiger partial charge in [-0.05, 0) is 43.2 Å². The van der Waals surface area contributed by atoms with E-state index in [9.17, 15) is 4.39 Å². The van der Waals surface area contributed by atoms with Crippen LogP contribution in [-0.2, 0) is 6.61 Å². The number of hydrogen-bond donors (Lipinski definition) is 0. The average Bonchev–Trinajstić information content (AvgIpc) is 2.42. The van der Waals surface area contributed by atoms with Crippen LogP contribution in [0, 0.1) is 31.0 Å². The van der Waals surface area contributed by atoms with Gasteiger partial charge in [-0.1, -0.05) is 23.7 Å². The van der Waals surface area contributed by atoms with Crippen LogP contribution < -0.4 is 4.74 Å². The second-order valence-electron chi connectivity index (χ2n) is 4.55. The van der Waals surface area contributed by atoms with Gasteiger partial charge in [-0.3, -0.25) is 0 Å². The van der Waals surface area contributed by atoms with Crippen LogP contribution in [0.5, 0.6) is 5.75 Å². The number of benzene rings is 2. The zero-order valence-corrected chi connectivity index (χ0v) is 12.0. The van der Waals surface area contributed by atoms with Gasteiger partial charge in [0.25, 0.3) is 0 Å².